The Kier molecular flexibility index (Phi) is 5.37. The van der Waals surface area contributed by atoms with Crippen LogP contribution in [0.2, 0.25) is 0 Å². The summed E-state index contributed by atoms with van der Waals surface area (Å²) in [5.41, 5.74) is 2.64. The molecule has 0 bridgehead atoms. The zero-order valence-corrected chi connectivity index (χ0v) is 15.0. The number of hydrogen-bond donors (Lipinski definition) is 4. The average Bonchev–Trinajstić information content (AvgIpc) is 3.28. The molecule has 0 amide bonds. The van der Waals surface area contributed by atoms with Crippen molar-refractivity contribution in [2.24, 2.45) is 0 Å². The molecule has 1 aliphatic heterocycles. The van der Waals surface area contributed by atoms with Gasteiger partial charge < -0.3 is 25.7 Å². The highest BCUT2D eigenvalue weighted by Crippen LogP contribution is 2.26. The number of H-pyrrole nitrogens is 1. The van der Waals surface area contributed by atoms with Crippen LogP contribution < -0.4 is 16.0 Å². The van der Waals surface area contributed by atoms with E-state index in [1.807, 2.05) is 30.5 Å². The molecule has 1 atom stereocenters. The third kappa shape index (κ3) is 4.22. The van der Waals surface area contributed by atoms with E-state index in [0.29, 0.717) is 30.5 Å². The first kappa shape index (κ1) is 17.8. The second-order valence-corrected chi connectivity index (χ2v) is 6.18. The molecule has 0 aromatic carbocycles. The van der Waals surface area contributed by atoms with Gasteiger partial charge in [0, 0.05) is 31.9 Å². The Bertz CT molecular complexity index is 944. The van der Waals surface area contributed by atoms with Crippen molar-refractivity contribution < 1.29 is 4.74 Å². The summed E-state index contributed by atoms with van der Waals surface area (Å²) in [6.07, 6.45) is 4.80. The minimum Gasteiger partial charge on any atom is -0.380 e. The Morgan fingerprint density at radius 2 is 2.21 bits per heavy atom. The molecule has 1 fully saturated rings. The molecule has 1 aliphatic rings. The predicted octanol–water partition coefficient (Wildman–Crippen LogP) is 1.28. The lowest BCUT2D eigenvalue weighted by Crippen LogP contribution is -2.42. The van der Waals surface area contributed by atoms with Gasteiger partial charge >= 0.3 is 0 Å². The molecule has 4 heterocycles. The Labute approximate surface area is 161 Å². The molecule has 4 rings (SSSR count). The van der Waals surface area contributed by atoms with E-state index in [1.165, 1.54) is 12.4 Å². The van der Waals surface area contributed by atoms with E-state index in [4.69, 9.17) is 10.00 Å². The minimum absolute atomic E-state index is 0.0826. The molecule has 0 aliphatic carbocycles. The van der Waals surface area contributed by atoms with Crippen LogP contribution in [0.4, 0.5) is 17.3 Å². The van der Waals surface area contributed by atoms with Gasteiger partial charge in [0.2, 0.25) is 0 Å². The first-order valence-corrected chi connectivity index (χ1v) is 8.88. The van der Waals surface area contributed by atoms with Gasteiger partial charge in [0.15, 0.2) is 11.5 Å². The smallest absolute Gasteiger partial charge is 0.158 e. The van der Waals surface area contributed by atoms with E-state index < -0.39 is 0 Å². The van der Waals surface area contributed by atoms with Gasteiger partial charge in [-0.25, -0.2) is 9.97 Å². The Balaban J connectivity index is 1.55. The number of aromatic amines is 1. The molecule has 1 unspecified atom stereocenters. The Morgan fingerprint density at radius 1 is 1.25 bits per heavy atom. The molecule has 142 valence electrons. The zero-order chi connectivity index (χ0) is 19.2. The largest absolute Gasteiger partial charge is 0.380 e. The van der Waals surface area contributed by atoms with Gasteiger partial charge in [-0.2, -0.15) is 5.26 Å². The summed E-state index contributed by atoms with van der Waals surface area (Å²) in [4.78, 5) is 11.3. The fourth-order valence-electron chi connectivity index (χ4n) is 2.82. The first-order valence-electron chi connectivity index (χ1n) is 8.88. The molecule has 0 saturated carbocycles. The molecule has 10 heteroatoms. The average molecular weight is 377 g/mol. The molecule has 10 nitrogen and oxygen atoms in total. The van der Waals surface area contributed by atoms with Crippen LogP contribution in [0.25, 0.3) is 11.4 Å². The Hall–Kier alpha value is -3.55. The lowest BCUT2D eigenvalue weighted by Gasteiger charge is -2.24. The first-order chi connectivity index (χ1) is 13.8. The van der Waals surface area contributed by atoms with E-state index in [2.05, 4.69) is 41.1 Å². The summed E-state index contributed by atoms with van der Waals surface area (Å²) in [7, 11) is 0. The number of morpholine rings is 1. The predicted molar refractivity (Wildman–Crippen MR) is 103 cm³/mol. The van der Waals surface area contributed by atoms with Gasteiger partial charge in [-0.05, 0) is 12.1 Å². The van der Waals surface area contributed by atoms with Crippen LogP contribution in [0.15, 0.2) is 36.8 Å². The molecule has 28 heavy (non-hydrogen) atoms. The third-order valence-corrected chi connectivity index (χ3v) is 4.19. The standard InChI is InChI=1S/C18H19N9O/c19-7-12-8-24-17(11-22-12)25-16-6-15(23-10-13-9-20-4-5-28-13)18(27-26-16)14-2-1-3-21-14/h1-3,6,8,11,13,20-21H,4-5,9-10H2,(H2,23,24,25,26). The number of aromatic nitrogens is 5. The van der Waals surface area contributed by atoms with Gasteiger partial charge in [0.25, 0.3) is 0 Å². The van der Waals surface area contributed by atoms with Crippen molar-refractivity contribution in [3.05, 3.63) is 42.5 Å². The van der Waals surface area contributed by atoms with E-state index in [0.717, 1.165) is 24.5 Å². The van der Waals surface area contributed by atoms with Crippen molar-refractivity contribution in [1.82, 2.24) is 30.5 Å². The lowest BCUT2D eigenvalue weighted by atomic mass is 10.2. The minimum atomic E-state index is 0.0826. The zero-order valence-electron chi connectivity index (χ0n) is 15.0. The maximum Gasteiger partial charge on any atom is 0.158 e. The molecule has 3 aromatic heterocycles. The monoisotopic (exact) mass is 377 g/mol. The second kappa shape index (κ2) is 8.43. The summed E-state index contributed by atoms with van der Waals surface area (Å²) in [5, 5.41) is 27.2. The van der Waals surface area contributed by atoms with Crippen LogP contribution in [0.3, 0.4) is 0 Å². The van der Waals surface area contributed by atoms with Crippen LogP contribution >= 0.6 is 0 Å². The SMILES string of the molecule is N#Cc1cnc(Nc2cc(NCC3CNCCO3)c(-c3ccc[nH]3)nn2)cn1. The van der Waals surface area contributed by atoms with Crippen LogP contribution in [0.1, 0.15) is 5.69 Å². The van der Waals surface area contributed by atoms with Crippen LogP contribution in [0, 0.1) is 11.3 Å². The van der Waals surface area contributed by atoms with Crippen molar-refractivity contribution in [2.45, 2.75) is 6.10 Å². The highest BCUT2D eigenvalue weighted by molar-refractivity contribution is 5.74. The van der Waals surface area contributed by atoms with E-state index in [-0.39, 0.29) is 11.8 Å². The molecule has 1 saturated heterocycles. The fraction of sp³-hybridized carbons (Fsp3) is 0.278. The number of anilines is 3. The topological polar surface area (TPSA) is 136 Å². The maximum atomic E-state index is 8.82. The summed E-state index contributed by atoms with van der Waals surface area (Å²) < 4.78 is 5.75. The van der Waals surface area contributed by atoms with E-state index >= 15 is 0 Å². The number of nitrogens with one attached hydrogen (secondary N) is 4. The number of rotatable bonds is 6. The number of hydrogen-bond acceptors (Lipinski definition) is 9. The van der Waals surface area contributed by atoms with Crippen molar-refractivity contribution in [1.29, 1.82) is 5.26 Å². The number of nitrogens with zero attached hydrogens (tertiary/aromatic N) is 5. The van der Waals surface area contributed by atoms with Gasteiger partial charge in [-0.3, -0.25) is 0 Å². The molecular weight excluding hydrogens is 358 g/mol. The quantitative estimate of drug-likeness (QED) is 0.500. The van der Waals surface area contributed by atoms with Crippen molar-refractivity contribution in [3.8, 4) is 17.5 Å². The molecular formula is C18H19N9O. The Morgan fingerprint density at radius 3 is 2.93 bits per heavy atom. The summed E-state index contributed by atoms with van der Waals surface area (Å²) in [5.74, 6) is 0.992. The van der Waals surface area contributed by atoms with Crippen molar-refractivity contribution >= 4 is 17.3 Å². The third-order valence-electron chi connectivity index (χ3n) is 4.19. The number of ether oxygens (including phenoxy) is 1. The van der Waals surface area contributed by atoms with Crippen LogP contribution in [-0.4, -0.2) is 57.5 Å². The molecule has 0 radical (unpaired) electrons. The highest BCUT2D eigenvalue weighted by Gasteiger charge is 2.16. The fourth-order valence-corrected chi connectivity index (χ4v) is 2.82. The summed E-state index contributed by atoms with van der Waals surface area (Å²) in [6.45, 7) is 3.02. The van der Waals surface area contributed by atoms with Crippen molar-refractivity contribution in [3.63, 3.8) is 0 Å². The van der Waals surface area contributed by atoms with E-state index in [1.54, 1.807) is 0 Å². The maximum absolute atomic E-state index is 8.82. The lowest BCUT2D eigenvalue weighted by molar-refractivity contribution is 0.0372. The van der Waals surface area contributed by atoms with Gasteiger partial charge in [-0.15, -0.1) is 10.2 Å². The number of nitriles is 1. The highest BCUT2D eigenvalue weighted by atomic mass is 16.5. The van der Waals surface area contributed by atoms with Gasteiger partial charge in [0.1, 0.15) is 17.6 Å². The van der Waals surface area contributed by atoms with Gasteiger partial charge in [0.05, 0.1) is 36.5 Å². The van der Waals surface area contributed by atoms with Crippen LogP contribution in [0.5, 0.6) is 0 Å². The normalized spacial score (nSPS) is 16.3. The summed E-state index contributed by atoms with van der Waals surface area (Å²) in [6, 6.07) is 7.65. The van der Waals surface area contributed by atoms with Gasteiger partial charge in [-0.1, -0.05) is 0 Å². The molecule has 3 aromatic rings. The van der Waals surface area contributed by atoms with Crippen LogP contribution in [-0.2, 0) is 4.74 Å². The second-order valence-electron chi connectivity index (χ2n) is 6.18. The molecule has 0 spiro atoms. The van der Waals surface area contributed by atoms with E-state index in [9.17, 15) is 0 Å². The van der Waals surface area contributed by atoms with Crippen molar-refractivity contribution in [2.75, 3.05) is 36.9 Å². The molecule has 4 N–H and O–H groups in total. The summed E-state index contributed by atoms with van der Waals surface area (Å²) >= 11 is 0.